The van der Waals surface area contributed by atoms with E-state index in [9.17, 15) is 19.2 Å². The third-order valence-electron chi connectivity index (χ3n) is 3.97. The van der Waals surface area contributed by atoms with Crippen molar-refractivity contribution in [2.24, 2.45) is 5.84 Å². The first kappa shape index (κ1) is 26.1. The van der Waals surface area contributed by atoms with Gasteiger partial charge in [0.05, 0.1) is 6.61 Å². The Balaban J connectivity index is 2.79. The minimum atomic E-state index is -2.20. The van der Waals surface area contributed by atoms with Crippen LogP contribution in [0.15, 0.2) is 30.3 Å². The lowest BCUT2D eigenvalue weighted by Gasteiger charge is -2.28. The fourth-order valence-electron chi connectivity index (χ4n) is 2.50. The molecule has 0 aromatic heterocycles. The van der Waals surface area contributed by atoms with Crippen molar-refractivity contribution in [3.8, 4) is 0 Å². The van der Waals surface area contributed by atoms with Gasteiger partial charge in [0.15, 0.2) is 0 Å². The number of hydrogen-bond acceptors (Lipinski definition) is 9. The van der Waals surface area contributed by atoms with Crippen molar-refractivity contribution in [2.75, 3.05) is 13.2 Å². The molecule has 1 amide bonds. The number of rotatable bonds is 11. The fraction of sp³-hybridized carbons (Fsp3) is 0.524. The minimum Gasteiger partial charge on any atom is -0.464 e. The standard InChI is InChI=1S/C21H31N3O7/c1-5-29-17(26)21(24-22,18(27)30-14-15-9-7-6-8-10-15)13-16(25)11-12-23-19(28)31-20(2,3)4/h6-10,24H,5,11-14,22H2,1-4H3,(H,23,28)/t21-/m0/s1. The van der Waals surface area contributed by atoms with Crippen LogP contribution in [0.25, 0.3) is 0 Å². The highest BCUT2D eigenvalue weighted by Crippen LogP contribution is 2.18. The molecule has 1 aromatic rings. The lowest BCUT2D eigenvalue weighted by atomic mass is 9.92. The largest absolute Gasteiger partial charge is 0.464 e. The Labute approximate surface area is 181 Å². The number of alkyl carbamates (subject to hydrolysis) is 1. The maximum Gasteiger partial charge on any atom is 0.407 e. The van der Waals surface area contributed by atoms with Crippen molar-refractivity contribution < 1.29 is 33.4 Å². The molecule has 1 atom stereocenters. The second-order valence-corrected chi connectivity index (χ2v) is 7.73. The average molecular weight is 437 g/mol. The molecular formula is C21H31N3O7. The predicted octanol–water partition coefficient (Wildman–Crippen LogP) is 1.37. The van der Waals surface area contributed by atoms with Gasteiger partial charge in [-0.05, 0) is 33.3 Å². The van der Waals surface area contributed by atoms with E-state index in [1.54, 1.807) is 58.0 Å². The molecule has 0 radical (unpaired) electrons. The normalized spacial score (nSPS) is 12.9. The summed E-state index contributed by atoms with van der Waals surface area (Å²) < 4.78 is 15.3. The molecule has 0 unspecified atom stereocenters. The van der Waals surface area contributed by atoms with Crippen LogP contribution in [0.4, 0.5) is 4.79 Å². The molecule has 0 heterocycles. The number of hydrogen-bond donors (Lipinski definition) is 3. The first-order valence-corrected chi connectivity index (χ1v) is 9.88. The summed E-state index contributed by atoms with van der Waals surface area (Å²) in [5, 5.41) is 2.44. The summed E-state index contributed by atoms with van der Waals surface area (Å²) >= 11 is 0. The maximum absolute atomic E-state index is 12.8. The second-order valence-electron chi connectivity index (χ2n) is 7.73. The molecule has 0 fully saturated rings. The van der Waals surface area contributed by atoms with Crippen LogP contribution in [-0.4, -0.2) is 48.1 Å². The number of nitrogens with two attached hydrogens (primary N) is 1. The topological polar surface area (TPSA) is 146 Å². The lowest BCUT2D eigenvalue weighted by Crippen LogP contribution is -2.63. The van der Waals surface area contributed by atoms with E-state index >= 15 is 0 Å². The van der Waals surface area contributed by atoms with Gasteiger partial charge in [-0.3, -0.25) is 10.6 Å². The molecule has 1 rings (SSSR count). The first-order chi connectivity index (χ1) is 14.5. The van der Waals surface area contributed by atoms with Crippen LogP contribution < -0.4 is 16.6 Å². The molecule has 0 bridgehead atoms. The Kier molecular flexibility index (Phi) is 10.1. The number of hydrazine groups is 1. The molecule has 10 heteroatoms. The maximum atomic E-state index is 12.8. The Hall–Kier alpha value is -2.98. The van der Waals surface area contributed by atoms with Crippen LogP contribution in [0.5, 0.6) is 0 Å². The minimum absolute atomic E-state index is 0.0252. The van der Waals surface area contributed by atoms with Gasteiger partial charge in [-0.25, -0.2) is 19.8 Å². The van der Waals surface area contributed by atoms with Crippen LogP contribution in [0.1, 0.15) is 46.1 Å². The molecule has 4 N–H and O–H groups in total. The molecular weight excluding hydrogens is 406 g/mol. The number of esters is 2. The molecule has 10 nitrogen and oxygen atoms in total. The van der Waals surface area contributed by atoms with E-state index < -0.39 is 41.4 Å². The van der Waals surface area contributed by atoms with Gasteiger partial charge in [0.2, 0.25) is 5.54 Å². The lowest BCUT2D eigenvalue weighted by molar-refractivity contribution is -0.169. The number of carbonyl (C=O) groups excluding carboxylic acids is 4. The highest BCUT2D eigenvalue weighted by Gasteiger charge is 2.50. The van der Waals surface area contributed by atoms with Crippen molar-refractivity contribution in [3.05, 3.63) is 35.9 Å². The molecule has 172 valence electrons. The molecule has 0 saturated heterocycles. The first-order valence-electron chi connectivity index (χ1n) is 9.88. The highest BCUT2D eigenvalue weighted by molar-refractivity contribution is 6.08. The molecule has 0 aliphatic rings. The smallest absolute Gasteiger partial charge is 0.407 e. The van der Waals surface area contributed by atoms with Gasteiger partial charge < -0.3 is 19.5 Å². The van der Waals surface area contributed by atoms with E-state index in [1.165, 1.54) is 0 Å². The van der Waals surface area contributed by atoms with Crippen LogP contribution in [0.2, 0.25) is 0 Å². The van der Waals surface area contributed by atoms with E-state index in [0.717, 1.165) is 0 Å². The second kappa shape index (κ2) is 12.0. The summed E-state index contributed by atoms with van der Waals surface area (Å²) in [6, 6.07) is 8.82. The zero-order valence-electron chi connectivity index (χ0n) is 18.4. The van der Waals surface area contributed by atoms with E-state index in [-0.39, 0.29) is 26.2 Å². The number of nitrogens with one attached hydrogen (secondary N) is 2. The molecule has 0 saturated carbocycles. The van der Waals surface area contributed by atoms with Gasteiger partial charge in [-0.2, -0.15) is 0 Å². The predicted molar refractivity (Wildman–Crippen MR) is 111 cm³/mol. The monoisotopic (exact) mass is 437 g/mol. The summed E-state index contributed by atoms with van der Waals surface area (Å²) in [5.41, 5.74) is -0.0735. The van der Waals surface area contributed by atoms with Gasteiger partial charge in [-0.1, -0.05) is 30.3 Å². The van der Waals surface area contributed by atoms with Gasteiger partial charge in [0, 0.05) is 19.4 Å². The van der Waals surface area contributed by atoms with E-state index in [0.29, 0.717) is 5.56 Å². The van der Waals surface area contributed by atoms with E-state index in [2.05, 4.69) is 10.7 Å². The molecule has 1 aromatic carbocycles. The van der Waals surface area contributed by atoms with Crippen LogP contribution in [0.3, 0.4) is 0 Å². The zero-order valence-corrected chi connectivity index (χ0v) is 18.4. The number of Topliss-reactive ketones (excluding diaryl/α,β-unsaturated/α-hetero) is 1. The summed E-state index contributed by atoms with van der Waals surface area (Å²) in [7, 11) is 0. The molecule has 0 aliphatic carbocycles. The van der Waals surface area contributed by atoms with E-state index in [1.807, 2.05) is 0 Å². The number of benzene rings is 1. The summed E-state index contributed by atoms with van der Waals surface area (Å²) in [5.74, 6) is 2.93. The van der Waals surface area contributed by atoms with Crippen molar-refractivity contribution >= 4 is 23.8 Å². The summed E-state index contributed by atoms with van der Waals surface area (Å²) in [4.78, 5) is 49.4. The average Bonchev–Trinajstić information content (AvgIpc) is 2.69. The summed E-state index contributed by atoms with van der Waals surface area (Å²) in [6.07, 6.45) is -1.45. The van der Waals surface area contributed by atoms with Crippen molar-refractivity contribution in [3.63, 3.8) is 0 Å². The van der Waals surface area contributed by atoms with Crippen LogP contribution >= 0.6 is 0 Å². The highest BCUT2D eigenvalue weighted by atomic mass is 16.6. The Morgan fingerprint density at radius 3 is 2.16 bits per heavy atom. The third-order valence-corrected chi connectivity index (χ3v) is 3.97. The van der Waals surface area contributed by atoms with Crippen LogP contribution in [-0.2, 0) is 35.2 Å². The van der Waals surface area contributed by atoms with Crippen molar-refractivity contribution in [1.29, 1.82) is 0 Å². The van der Waals surface area contributed by atoms with Gasteiger partial charge in [0.25, 0.3) is 0 Å². The van der Waals surface area contributed by atoms with Gasteiger partial charge >= 0.3 is 18.0 Å². The number of ketones is 1. The van der Waals surface area contributed by atoms with E-state index in [4.69, 9.17) is 20.1 Å². The Morgan fingerprint density at radius 1 is 1.00 bits per heavy atom. The summed E-state index contributed by atoms with van der Waals surface area (Å²) in [6.45, 7) is 6.50. The zero-order chi connectivity index (χ0) is 23.5. The molecule has 0 aliphatic heterocycles. The van der Waals surface area contributed by atoms with Crippen molar-refractivity contribution in [2.45, 2.75) is 58.3 Å². The molecule has 0 spiro atoms. The Morgan fingerprint density at radius 2 is 1.61 bits per heavy atom. The van der Waals surface area contributed by atoms with Gasteiger partial charge in [0.1, 0.15) is 18.0 Å². The Bertz CT molecular complexity index is 762. The number of ether oxygens (including phenoxy) is 3. The van der Waals surface area contributed by atoms with Crippen molar-refractivity contribution in [1.82, 2.24) is 10.7 Å². The quantitative estimate of drug-likeness (QED) is 0.154. The van der Waals surface area contributed by atoms with Crippen LogP contribution in [0, 0.1) is 0 Å². The number of carbonyl (C=O) groups is 4. The fourth-order valence-corrected chi connectivity index (χ4v) is 2.50. The third kappa shape index (κ3) is 8.73. The SMILES string of the molecule is CCOC(=O)[C@](CC(=O)CCNC(=O)OC(C)(C)C)(NN)C(=O)OCc1ccccc1. The molecule has 31 heavy (non-hydrogen) atoms. The van der Waals surface area contributed by atoms with Gasteiger partial charge in [-0.15, -0.1) is 0 Å². The number of amides is 1.